The van der Waals surface area contributed by atoms with Gasteiger partial charge in [-0.15, -0.1) is 0 Å². The summed E-state index contributed by atoms with van der Waals surface area (Å²) >= 11 is 0. The molecule has 3 N–H and O–H groups in total. The van der Waals surface area contributed by atoms with E-state index in [2.05, 4.69) is 45.1 Å². The molecule has 1 atom stereocenters. The Hall–Kier alpha value is -1.02. The van der Waals surface area contributed by atoms with E-state index in [1.165, 1.54) is 12.0 Å². The van der Waals surface area contributed by atoms with Gasteiger partial charge >= 0.3 is 0 Å². The van der Waals surface area contributed by atoms with E-state index in [1.54, 1.807) is 0 Å². The van der Waals surface area contributed by atoms with Crippen LogP contribution >= 0.6 is 0 Å². The van der Waals surface area contributed by atoms with Crippen molar-refractivity contribution in [1.29, 1.82) is 0 Å². The van der Waals surface area contributed by atoms with Gasteiger partial charge in [-0.05, 0) is 55.0 Å². The van der Waals surface area contributed by atoms with Gasteiger partial charge in [0, 0.05) is 5.69 Å². The zero-order valence-electron chi connectivity index (χ0n) is 12.3. The first-order valence-corrected chi connectivity index (χ1v) is 6.94. The Bertz CT molecular complexity index is 335. The minimum atomic E-state index is 0.393. The molecule has 0 aliphatic heterocycles. The lowest BCUT2D eigenvalue weighted by Gasteiger charge is -2.27. The van der Waals surface area contributed by atoms with Crippen molar-refractivity contribution < 1.29 is 0 Å². The van der Waals surface area contributed by atoms with Crippen molar-refractivity contribution in [2.45, 2.75) is 40.5 Å². The lowest BCUT2D eigenvalue weighted by atomic mass is 9.82. The Morgan fingerprint density at radius 3 is 2.33 bits per heavy atom. The number of hydrogen-bond acceptors (Lipinski definition) is 2. The second-order valence-corrected chi connectivity index (χ2v) is 6.32. The van der Waals surface area contributed by atoms with Gasteiger partial charge in [0.1, 0.15) is 0 Å². The minimum absolute atomic E-state index is 0.393. The molecule has 1 aromatic rings. The lowest BCUT2D eigenvalue weighted by molar-refractivity contribution is 0.253. The average Bonchev–Trinajstić information content (AvgIpc) is 2.29. The van der Waals surface area contributed by atoms with Crippen LogP contribution in [-0.2, 0) is 6.42 Å². The first-order valence-electron chi connectivity index (χ1n) is 6.94. The number of aryl methyl sites for hydroxylation is 1. The molecule has 0 saturated carbocycles. The van der Waals surface area contributed by atoms with E-state index in [4.69, 9.17) is 5.73 Å². The number of nitrogen functional groups attached to an aromatic ring is 1. The summed E-state index contributed by atoms with van der Waals surface area (Å²) in [6, 6.07) is 8.19. The largest absolute Gasteiger partial charge is 0.399 e. The van der Waals surface area contributed by atoms with Gasteiger partial charge in [-0.25, -0.2) is 0 Å². The van der Waals surface area contributed by atoms with Crippen molar-refractivity contribution in [2.24, 2.45) is 11.3 Å². The van der Waals surface area contributed by atoms with Crippen LogP contribution in [-0.4, -0.2) is 13.1 Å². The van der Waals surface area contributed by atoms with Crippen LogP contribution in [0.15, 0.2) is 24.3 Å². The fourth-order valence-corrected chi connectivity index (χ4v) is 1.73. The number of nitrogens with one attached hydrogen (secondary N) is 1. The van der Waals surface area contributed by atoms with E-state index in [0.717, 1.165) is 25.2 Å². The second-order valence-electron chi connectivity index (χ2n) is 6.32. The Morgan fingerprint density at radius 1 is 1.17 bits per heavy atom. The normalized spacial score (nSPS) is 13.6. The summed E-state index contributed by atoms with van der Waals surface area (Å²) in [6.07, 6.45) is 2.30. The van der Waals surface area contributed by atoms with Crippen LogP contribution in [0.5, 0.6) is 0 Å². The molecule has 0 amide bonds. The standard InChI is InChI=1S/C16H28N2/c1-13(16(2,3)4)12-18-11-5-6-14-7-9-15(17)10-8-14/h7-10,13,18H,5-6,11-12,17H2,1-4H3. The van der Waals surface area contributed by atoms with Crippen LogP contribution in [0, 0.1) is 11.3 Å². The average molecular weight is 248 g/mol. The predicted octanol–water partition coefficient (Wildman–Crippen LogP) is 3.47. The summed E-state index contributed by atoms with van der Waals surface area (Å²) in [5, 5.41) is 3.55. The maximum absolute atomic E-state index is 5.66. The van der Waals surface area contributed by atoms with E-state index in [0.29, 0.717) is 11.3 Å². The van der Waals surface area contributed by atoms with Crippen molar-refractivity contribution >= 4 is 5.69 Å². The first kappa shape index (κ1) is 15.0. The molecule has 0 fully saturated rings. The quantitative estimate of drug-likeness (QED) is 0.597. The maximum atomic E-state index is 5.66. The molecule has 18 heavy (non-hydrogen) atoms. The third-order valence-corrected chi connectivity index (χ3v) is 3.73. The van der Waals surface area contributed by atoms with Gasteiger partial charge in [0.15, 0.2) is 0 Å². The molecule has 1 aromatic carbocycles. The molecule has 2 nitrogen and oxygen atoms in total. The Labute approximate surface area is 112 Å². The fraction of sp³-hybridized carbons (Fsp3) is 0.625. The molecular formula is C16H28N2. The number of rotatable bonds is 6. The third-order valence-electron chi connectivity index (χ3n) is 3.73. The van der Waals surface area contributed by atoms with Crippen LogP contribution in [0.2, 0.25) is 0 Å². The minimum Gasteiger partial charge on any atom is -0.399 e. The Morgan fingerprint density at radius 2 is 1.78 bits per heavy atom. The summed E-state index contributed by atoms with van der Waals surface area (Å²) in [4.78, 5) is 0. The van der Waals surface area contributed by atoms with E-state index in [1.807, 2.05) is 12.1 Å². The third kappa shape index (κ3) is 5.54. The highest BCUT2D eigenvalue weighted by atomic mass is 14.9. The van der Waals surface area contributed by atoms with Gasteiger partial charge in [-0.2, -0.15) is 0 Å². The Balaban J connectivity index is 2.14. The van der Waals surface area contributed by atoms with E-state index in [9.17, 15) is 0 Å². The van der Waals surface area contributed by atoms with Gasteiger partial charge in [0.05, 0.1) is 0 Å². The molecule has 2 heteroatoms. The summed E-state index contributed by atoms with van der Waals surface area (Å²) in [6.45, 7) is 11.4. The fourth-order valence-electron chi connectivity index (χ4n) is 1.73. The highest BCUT2D eigenvalue weighted by molar-refractivity contribution is 5.39. The van der Waals surface area contributed by atoms with Crippen LogP contribution in [0.1, 0.15) is 39.7 Å². The lowest BCUT2D eigenvalue weighted by Crippen LogP contribution is -2.30. The molecular weight excluding hydrogens is 220 g/mol. The smallest absolute Gasteiger partial charge is 0.0314 e. The molecule has 0 radical (unpaired) electrons. The highest BCUT2D eigenvalue weighted by Crippen LogP contribution is 2.24. The summed E-state index contributed by atoms with van der Waals surface area (Å²) in [5.41, 5.74) is 8.27. The van der Waals surface area contributed by atoms with Gasteiger partial charge in [0.2, 0.25) is 0 Å². The van der Waals surface area contributed by atoms with Crippen LogP contribution < -0.4 is 11.1 Å². The zero-order valence-corrected chi connectivity index (χ0v) is 12.3. The van der Waals surface area contributed by atoms with Crippen molar-refractivity contribution in [2.75, 3.05) is 18.8 Å². The summed E-state index contributed by atoms with van der Waals surface area (Å²) in [5.74, 6) is 0.703. The monoisotopic (exact) mass is 248 g/mol. The predicted molar refractivity (Wildman–Crippen MR) is 80.7 cm³/mol. The Kier molecular flexibility index (Phi) is 5.67. The molecule has 0 spiro atoms. The van der Waals surface area contributed by atoms with Gasteiger partial charge in [0.25, 0.3) is 0 Å². The molecule has 0 bridgehead atoms. The van der Waals surface area contributed by atoms with Crippen molar-refractivity contribution in [3.05, 3.63) is 29.8 Å². The molecule has 0 aliphatic rings. The van der Waals surface area contributed by atoms with Gasteiger partial charge in [-0.1, -0.05) is 39.8 Å². The molecule has 102 valence electrons. The van der Waals surface area contributed by atoms with Crippen LogP contribution in [0.3, 0.4) is 0 Å². The zero-order chi connectivity index (χ0) is 13.6. The number of anilines is 1. The summed E-state index contributed by atoms with van der Waals surface area (Å²) < 4.78 is 0. The van der Waals surface area contributed by atoms with Gasteiger partial charge < -0.3 is 11.1 Å². The molecule has 0 saturated heterocycles. The second kappa shape index (κ2) is 6.79. The van der Waals surface area contributed by atoms with Crippen LogP contribution in [0.4, 0.5) is 5.69 Å². The van der Waals surface area contributed by atoms with Gasteiger partial charge in [-0.3, -0.25) is 0 Å². The summed E-state index contributed by atoms with van der Waals surface area (Å²) in [7, 11) is 0. The highest BCUT2D eigenvalue weighted by Gasteiger charge is 2.18. The van der Waals surface area contributed by atoms with E-state index < -0.39 is 0 Å². The van der Waals surface area contributed by atoms with E-state index >= 15 is 0 Å². The molecule has 0 aromatic heterocycles. The van der Waals surface area contributed by atoms with Crippen molar-refractivity contribution in [3.8, 4) is 0 Å². The number of benzene rings is 1. The topological polar surface area (TPSA) is 38.0 Å². The first-order chi connectivity index (χ1) is 8.39. The maximum Gasteiger partial charge on any atom is 0.0314 e. The molecule has 1 unspecified atom stereocenters. The molecule has 0 aliphatic carbocycles. The SMILES string of the molecule is CC(CNCCCc1ccc(N)cc1)C(C)(C)C. The van der Waals surface area contributed by atoms with Crippen molar-refractivity contribution in [3.63, 3.8) is 0 Å². The number of hydrogen-bond donors (Lipinski definition) is 2. The molecule has 0 heterocycles. The van der Waals surface area contributed by atoms with Crippen LogP contribution in [0.25, 0.3) is 0 Å². The molecule has 1 rings (SSSR count). The number of nitrogens with two attached hydrogens (primary N) is 1. The van der Waals surface area contributed by atoms with Crippen molar-refractivity contribution in [1.82, 2.24) is 5.32 Å². The van der Waals surface area contributed by atoms with E-state index in [-0.39, 0.29) is 0 Å².